The Morgan fingerprint density at radius 1 is 1.42 bits per heavy atom. The molecule has 0 aromatic heterocycles. The van der Waals surface area contributed by atoms with Crippen molar-refractivity contribution in [3.63, 3.8) is 0 Å². The number of rotatable bonds is 5. The number of hydrogen-bond donors (Lipinski definition) is 2. The van der Waals surface area contributed by atoms with Gasteiger partial charge in [0.1, 0.15) is 11.9 Å². The van der Waals surface area contributed by atoms with Crippen molar-refractivity contribution in [1.29, 1.82) is 0 Å². The van der Waals surface area contributed by atoms with Crippen molar-refractivity contribution in [3.05, 3.63) is 29.0 Å². The molecule has 8 heteroatoms. The lowest BCUT2D eigenvalue weighted by Gasteiger charge is -2.18. The van der Waals surface area contributed by atoms with E-state index in [0.29, 0.717) is 0 Å². The summed E-state index contributed by atoms with van der Waals surface area (Å²) < 4.78 is 38.9. The molecule has 0 fully saturated rings. The number of carboxylic acids is 1. The van der Waals surface area contributed by atoms with Crippen LogP contribution in [0.4, 0.5) is 4.39 Å². The van der Waals surface area contributed by atoms with Crippen LogP contribution in [0, 0.1) is 11.7 Å². The zero-order chi connectivity index (χ0) is 14.8. The van der Waals surface area contributed by atoms with E-state index in [1.54, 1.807) is 13.8 Å². The molecule has 0 radical (unpaired) electrons. The van der Waals surface area contributed by atoms with Gasteiger partial charge in [0.25, 0.3) is 0 Å². The molecule has 106 valence electrons. The van der Waals surface area contributed by atoms with E-state index < -0.39 is 33.8 Å². The summed E-state index contributed by atoms with van der Waals surface area (Å²) in [5.41, 5.74) is 0. The Morgan fingerprint density at radius 2 is 2.00 bits per heavy atom. The molecule has 19 heavy (non-hydrogen) atoms. The van der Waals surface area contributed by atoms with Crippen LogP contribution < -0.4 is 4.72 Å². The molecule has 2 N–H and O–H groups in total. The van der Waals surface area contributed by atoms with Gasteiger partial charge in [0, 0.05) is 0 Å². The van der Waals surface area contributed by atoms with Crippen LogP contribution in [-0.4, -0.2) is 25.5 Å². The molecular weight excluding hydrogens is 297 g/mol. The fourth-order valence-corrected chi connectivity index (χ4v) is 2.96. The number of aliphatic carboxylic acids is 1. The fraction of sp³-hybridized carbons (Fsp3) is 0.364. The summed E-state index contributed by atoms with van der Waals surface area (Å²) in [5.74, 6) is -2.48. The highest BCUT2D eigenvalue weighted by atomic mass is 35.5. The molecule has 1 rings (SSSR count). The van der Waals surface area contributed by atoms with E-state index in [-0.39, 0.29) is 9.92 Å². The molecule has 1 atom stereocenters. The number of carbonyl (C=O) groups is 1. The van der Waals surface area contributed by atoms with E-state index >= 15 is 0 Å². The van der Waals surface area contributed by atoms with Crippen LogP contribution in [0.2, 0.25) is 5.02 Å². The van der Waals surface area contributed by atoms with E-state index in [1.807, 2.05) is 4.72 Å². The second kappa shape index (κ2) is 5.85. The maximum Gasteiger partial charge on any atom is 0.322 e. The first-order valence-corrected chi connectivity index (χ1v) is 7.21. The normalized spacial score (nSPS) is 13.5. The predicted molar refractivity (Wildman–Crippen MR) is 68.0 cm³/mol. The van der Waals surface area contributed by atoms with Gasteiger partial charge in [-0.3, -0.25) is 4.79 Å². The Kier molecular flexibility index (Phi) is 4.89. The lowest BCUT2D eigenvalue weighted by atomic mass is 10.1. The Morgan fingerprint density at radius 3 is 2.42 bits per heavy atom. The number of hydrogen-bond acceptors (Lipinski definition) is 3. The zero-order valence-electron chi connectivity index (χ0n) is 10.2. The number of sulfonamides is 1. The van der Waals surface area contributed by atoms with Gasteiger partial charge in [-0.15, -0.1) is 0 Å². The summed E-state index contributed by atoms with van der Waals surface area (Å²) in [4.78, 5) is 10.7. The number of nitrogens with one attached hydrogen (secondary N) is 1. The molecule has 1 aromatic rings. The van der Waals surface area contributed by atoms with E-state index in [2.05, 4.69) is 0 Å². The Balaban J connectivity index is 3.10. The Hall–Kier alpha value is -1.18. The maximum absolute atomic E-state index is 13.0. The molecule has 0 aliphatic rings. The first-order valence-electron chi connectivity index (χ1n) is 5.35. The van der Waals surface area contributed by atoms with Crippen molar-refractivity contribution in [2.75, 3.05) is 0 Å². The average Bonchev–Trinajstić information content (AvgIpc) is 2.28. The minimum absolute atomic E-state index is 0.286. The largest absolute Gasteiger partial charge is 0.480 e. The van der Waals surface area contributed by atoms with E-state index in [0.717, 1.165) is 18.2 Å². The van der Waals surface area contributed by atoms with Gasteiger partial charge in [0.2, 0.25) is 10.0 Å². The average molecular weight is 310 g/mol. The second-order valence-corrected chi connectivity index (χ2v) is 6.38. The van der Waals surface area contributed by atoms with Crippen molar-refractivity contribution < 1.29 is 22.7 Å². The number of halogens is 2. The van der Waals surface area contributed by atoms with Crippen LogP contribution >= 0.6 is 11.6 Å². The standard InChI is InChI=1S/C11H13ClFNO4S/c1-6(2)10(11(15)16)14-19(17,18)7-3-4-9(13)8(12)5-7/h3-6,10,14H,1-2H3,(H,15,16)/t10-/m1/s1. The van der Waals surface area contributed by atoms with Crippen LogP contribution in [0.5, 0.6) is 0 Å². The summed E-state index contributed by atoms with van der Waals surface area (Å²) >= 11 is 5.50. The minimum Gasteiger partial charge on any atom is -0.480 e. The Bertz CT molecular complexity index is 588. The molecule has 0 unspecified atom stereocenters. The molecule has 0 aliphatic carbocycles. The summed E-state index contributed by atoms with van der Waals surface area (Å²) in [7, 11) is -4.07. The van der Waals surface area contributed by atoms with Gasteiger partial charge in [0.15, 0.2) is 0 Å². The molecule has 5 nitrogen and oxygen atoms in total. The quantitative estimate of drug-likeness (QED) is 0.869. The lowest BCUT2D eigenvalue weighted by Crippen LogP contribution is -2.44. The second-order valence-electron chi connectivity index (χ2n) is 4.26. The van der Waals surface area contributed by atoms with E-state index in [4.69, 9.17) is 16.7 Å². The molecule has 0 amide bonds. The molecule has 0 spiro atoms. The predicted octanol–water partition coefficient (Wildman–Crippen LogP) is 1.87. The maximum atomic E-state index is 13.0. The fourth-order valence-electron chi connectivity index (χ4n) is 1.35. The van der Waals surface area contributed by atoms with Crippen LogP contribution in [-0.2, 0) is 14.8 Å². The molecule has 0 aliphatic heterocycles. The summed E-state index contributed by atoms with van der Waals surface area (Å²) in [6.45, 7) is 3.14. The molecular formula is C11H13ClFNO4S. The van der Waals surface area contributed by atoms with Gasteiger partial charge in [-0.1, -0.05) is 25.4 Å². The third-order valence-corrected chi connectivity index (χ3v) is 4.14. The molecule has 1 aromatic carbocycles. The smallest absolute Gasteiger partial charge is 0.322 e. The number of carboxylic acid groups (broad SMARTS) is 1. The highest BCUT2D eigenvalue weighted by Gasteiger charge is 2.28. The van der Waals surface area contributed by atoms with Gasteiger partial charge < -0.3 is 5.11 Å². The number of benzene rings is 1. The van der Waals surface area contributed by atoms with Crippen molar-refractivity contribution >= 4 is 27.6 Å². The van der Waals surface area contributed by atoms with Gasteiger partial charge in [-0.05, 0) is 24.1 Å². The van der Waals surface area contributed by atoms with Gasteiger partial charge >= 0.3 is 5.97 Å². The van der Waals surface area contributed by atoms with Crippen LogP contribution in [0.3, 0.4) is 0 Å². The van der Waals surface area contributed by atoms with Gasteiger partial charge in [-0.2, -0.15) is 4.72 Å². The molecule has 0 heterocycles. The monoisotopic (exact) mass is 309 g/mol. The van der Waals surface area contributed by atoms with Crippen molar-refractivity contribution in [2.45, 2.75) is 24.8 Å². The third kappa shape index (κ3) is 3.89. The highest BCUT2D eigenvalue weighted by Crippen LogP contribution is 2.20. The highest BCUT2D eigenvalue weighted by molar-refractivity contribution is 7.89. The molecule has 0 saturated heterocycles. The van der Waals surface area contributed by atoms with E-state index in [1.165, 1.54) is 0 Å². The van der Waals surface area contributed by atoms with Crippen molar-refractivity contribution in [2.24, 2.45) is 5.92 Å². The van der Waals surface area contributed by atoms with Crippen LogP contribution in [0.15, 0.2) is 23.1 Å². The Labute approximate surface area is 115 Å². The van der Waals surface area contributed by atoms with Gasteiger partial charge in [0.05, 0.1) is 9.92 Å². The third-order valence-electron chi connectivity index (χ3n) is 2.42. The first-order chi connectivity index (χ1) is 8.65. The summed E-state index contributed by atoms with van der Waals surface area (Å²) in [6.07, 6.45) is 0. The van der Waals surface area contributed by atoms with E-state index in [9.17, 15) is 17.6 Å². The van der Waals surface area contributed by atoms with Gasteiger partial charge in [-0.25, -0.2) is 12.8 Å². The minimum atomic E-state index is -4.07. The van der Waals surface area contributed by atoms with Crippen LogP contribution in [0.25, 0.3) is 0 Å². The molecule has 0 saturated carbocycles. The first kappa shape index (κ1) is 15.9. The SMILES string of the molecule is CC(C)[C@@H](NS(=O)(=O)c1ccc(F)c(Cl)c1)C(=O)O. The zero-order valence-corrected chi connectivity index (χ0v) is 11.8. The molecule has 0 bridgehead atoms. The topological polar surface area (TPSA) is 83.5 Å². The summed E-state index contributed by atoms with van der Waals surface area (Å²) in [5, 5.41) is 8.59. The van der Waals surface area contributed by atoms with Crippen molar-refractivity contribution in [1.82, 2.24) is 4.72 Å². The van der Waals surface area contributed by atoms with Crippen molar-refractivity contribution in [3.8, 4) is 0 Å². The lowest BCUT2D eigenvalue weighted by molar-refractivity contribution is -0.140. The summed E-state index contributed by atoms with van der Waals surface area (Å²) in [6, 6.07) is 1.58. The van der Waals surface area contributed by atoms with Crippen LogP contribution in [0.1, 0.15) is 13.8 Å².